The minimum Gasteiger partial charge on any atom is -0.494 e. The van der Waals surface area contributed by atoms with Gasteiger partial charge in [-0.05, 0) is 50.5 Å². The molecule has 6 nitrogen and oxygen atoms in total. The van der Waals surface area contributed by atoms with Crippen LogP contribution in [0.1, 0.15) is 45.1 Å². The molecule has 0 spiro atoms. The normalized spacial score (nSPS) is 15.8. The van der Waals surface area contributed by atoms with Crippen molar-refractivity contribution in [2.24, 2.45) is 0 Å². The molecule has 1 aromatic rings. The van der Waals surface area contributed by atoms with E-state index in [9.17, 15) is 13.2 Å². The SMILES string of the molecule is CCOc1ccc(S(=O)(=O)N(CC)CC(=O)N2CCCCCC2)cc1C. The van der Waals surface area contributed by atoms with Crippen molar-refractivity contribution in [3.05, 3.63) is 23.8 Å². The summed E-state index contributed by atoms with van der Waals surface area (Å²) in [5, 5.41) is 0. The van der Waals surface area contributed by atoms with Crippen molar-refractivity contribution in [3.8, 4) is 5.75 Å². The lowest BCUT2D eigenvalue weighted by molar-refractivity contribution is -0.131. The third-order valence-electron chi connectivity index (χ3n) is 4.71. The number of ether oxygens (including phenoxy) is 1. The molecule has 2 rings (SSSR count). The Hall–Kier alpha value is -1.60. The lowest BCUT2D eigenvalue weighted by Gasteiger charge is -2.25. The predicted octanol–water partition coefficient (Wildman–Crippen LogP) is 2.81. The summed E-state index contributed by atoms with van der Waals surface area (Å²) in [6.07, 6.45) is 4.24. The average molecular weight is 383 g/mol. The van der Waals surface area contributed by atoms with E-state index >= 15 is 0 Å². The van der Waals surface area contributed by atoms with Crippen molar-refractivity contribution in [1.29, 1.82) is 0 Å². The van der Waals surface area contributed by atoms with Gasteiger partial charge in [0.1, 0.15) is 5.75 Å². The zero-order chi connectivity index (χ0) is 19.2. The molecule has 1 fully saturated rings. The highest BCUT2D eigenvalue weighted by Crippen LogP contribution is 2.24. The van der Waals surface area contributed by atoms with Crippen LogP contribution < -0.4 is 4.74 Å². The maximum absolute atomic E-state index is 13.0. The number of carbonyl (C=O) groups is 1. The van der Waals surface area contributed by atoms with Gasteiger partial charge in [-0.1, -0.05) is 19.8 Å². The Morgan fingerprint density at radius 1 is 1.15 bits per heavy atom. The smallest absolute Gasteiger partial charge is 0.243 e. The van der Waals surface area contributed by atoms with Crippen LogP contribution in [0.2, 0.25) is 0 Å². The highest BCUT2D eigenvalue weighted by molar-refractivity contribution is 7.89. The van der Waals surface area contributed by atoms with Gasteiger partial charge in [-0.2, -0.15) is 4.31 Å². The summed E-state index contributed by atoms with van der Waals surface area (Å²) >= 11 is 0. The fourth-order valence-electron chi connectivity index (χ4n) is 3.19. The van der Waals surface area contributed by atoms with E-state index in [1.165, 1.54) is 4.31 Å². The third-order valence-corrected chi connectivity index (χ3v) is 6.62. The van der Waals surface area contributed by atoms with Crippen LogP contribution in [0, 0.1) is 6.92 Å². The molecule has 1 heterocycles. The van der Waals surface area contributed by atoms with E-state index in [2.05, 4.69) is 0 Å². The van der Waals surface area contributed by atoms with Gasteiger partial charge in [-0.3, -0.25) is 4.79 Å². The molecule has 0 saturated carbocycles. The molecule has 0 bridgehead atoms. The summed E-state index contributed by atoms with van der Waals surface area (Å²) in [6.45, 7) is 7.59. The Balaban J connectivity index is 2.16. The Labute approximate surface area is 157 Å². The van der Waals surface area contributed by atoms with Gasteiger partial charge < -0.3 is 9.64 Å². The first-order chi connectivity index (χ1) is 12.4. The number of likely N-dealkylation sites (N-methyl/N-ethyl adjacent to an activating group) is 1. The summed E-state index contributed by atoms with van der Waals surface area (Å²) in [5.41, 5.74) is 0.767. The fourth-order valence-corrected chi connectivity index (χ4v) is 4.67. The molecule has 0 aliphatic carbocycles. The monoisotopic (exact) mass is 382 g/mol. The Bertz CT molecular complexity index is 710. The van der Waals surface area contributed by atoms with Crippen LogP contribution in [0.3, 0.4) is 0 Å². The molecular weight excluding hydrogens is 352 g/mol. The minimum atomic E-state index is -3.72. The van der Waals surface area contributed by atoms with Gasteiger partial charge in [0.25, 0.3) is 0 Å². The van der Waals surface area contributed by atoms with E-state index in [0.29, 0.717) is 12.4 Å². The highest BCUT2D eigenvalue weighted by Gasteiger charge is 2.28. The Morgan fingerprint density at radius 3 is 2.35 bits per heavy atom. The molecular formula is C19H30N2O4S. The van der Waals surface area contributed by atoms with Gasteiger partial charge in [0.15, 0.2) is 0 Å². The van der Waals surface area contributed by atoms with Gasteiger partial charge in [-0.15, -0.1) is 0 Å². The molecule has 1 amide bonds. The van der Waals surface area contributed by atoms with E-state index in [0.717, 1.165) is 44.3 Å². The van der Waals surface area contributed by atoms with E-state index in [1.807, 2.05) is 13.8 Å². The largest absolute Gasteiger partial charge is 0.494 e. The molecule has 7 heteroatoms. The van der Waals surface area contributed by atoms with Gasteiger partial charge in [0, 0.05) is 19.6 Å². The molecule has 146 valence electrons. The zero-order valence-corrected chi connectivity index (χ0v) is 16.8. The van der Waals surface area contributed by atoms with Crippen molar-refractivity contribution < 1.29 is 17.9 Å². The molecule has 0 radical (unpaired) electrons. The summed E-state index contributed by atoms with van der Waals surface area (Å²) < 4.78 is 32.7. The molecule has 26 heavy (non-hydrogen) atoms. The van der Waals surface area contributed by atoms with Gasteiger partial charge in [0.2, 0.25) is 15.9 Å². The van der Waals surface area contributed by atoms with Crippen molar-refractivity contribution in [2.45, 2.75) is 51.3 Å². The van der Waals surface area contributed by atoms with E-state index in [4.69, 9.17) is 4.74 Å². The van der Waals surface area contributed by atoms with Crippen LogP contribution in [-0.4, -0.2) is 56.3 Å². The molecule has 0 N–H and O–H groups in total. The van der Waals surface area contributed by atoms with Gasteiger partial charge in [0.05, 0.1) is 18.0 Å². The third kappa shape index (κ3) is 4.98. The number of nitrogens with zero attached hydrogens (tertiary/aromatic N) is 2. The molecule has 0 unspecified atom stereocenters. The number of aryl methyl sites for hydroxylation is 1. The van der Waals surface area contributed by atoms with Crippen molar-refractivity contribution in [1.82, 2.24) is 9.21 Å². The number of hydrogen-bond acceptors (Lipinski definition) is 4. The van der Waals surface area contributed by atoms with Crippen LogP contribution in [-0.2, 0) is 14.8 Å². The van der Waals surface area contributed by atoms with Crippen molar-refractivity contribution >= 4 is 15.9 Å². The molecule has 0 atom stereocenters. The number of rotatable bonds is 7. The molecule has 1 saturated heterocycles. The second kappa shape index (κ2) is 9.37. The van der Waals surface area contributed by atoms with Crippen molar-refractivity contribution in [2.75, 3.05) is 32.8 Å². The standard InChI is InChI=1S/C19H30N2O4S/c1-4-21(15-19(22)20-12-8-6-7-9-13-20)26(23,24)17-10-11-18(25-5-2)16(3)14-17/h10-11,14H,4-9,12-13,15H2,1-3H3. The molecule has 1 aliphatic rings. The first-order valence-corrected chi connectivity index (χ1v) is 10.9. The zero-order valence-electron chi connectivity index (χ0n) is 16.0. The number of benzene rings is 1. The van der Waals surface area contributed by atoms with Crippen LogP contribution in [0.5, 0.6) is 5.75 Å². The van der Waals surface area contributed by atoms with E-state index in [1.54, 1.807) is 30.0 Å². The second-order valence-corrected chi connectivity index (χ2v) is 8.52. The van der Waals surface area contributed by atoms with E-state index < -0.39 is 10.0 Å². The lowest BCUT2D eigenvalue weighted by atomic mass is 10.2. The summed E-state index contributed by atoms with van der Waals surface area (Å²) in [7, 11) is -3.72. The minimum absolute atomic E-state index is 0.106. The number of hydrogen-bond donors (Lipinski definition) is 0. The Kier molecular flexibility index (Phi) is 7.46. The topological polar surface area (TPSA) is 66.9 Å². The van der Waals surface area contributed by atoms with Crippen LogP contribution >= 0.6 is 0 Å². The summed E-state index contributed by atoms with van der Waals surface area (Å²) in [6, 6.07) is 4.84. The fraction of sp³-hybridized carbons (Fsp3) is 0.632. The van der Waals surface area contributed by atoms with Crippen LogP contribution in [0.4, 0.5) is 0 Å². The summed E-state index contributed by atoms with van der Waals surface area (Å²) in [4.78, 5) is 14.6. The van der Waals surface area contributed by atoms with Crippen LogP contribution in [0.15, 0.2) is 23.1 Å². The second-order valence-electron chi connectivity index (χ2n) is 6.59. The number of likely N-dealkylation sites (tertiary alicyclic amines) is 1. The number of carbonyl (C=O) groups excluding carboxylic acids is 1. The Morgan fingerprint density at radius 2 is 1.81 bits per heavy atom. The molecule has 1 aromatic carbocycles. The van der Waals surface area contributed by atoms with Gasteiger partial charge in [-0.25, -0.2) is 8.42 Å². The predicted molar refractivity (Wildman–Crippen MR) is 102 cm³/mol. The van der Waals surface area contributed by atoms with Crippen LogP contribution in [0.25, 0.3) is 0 Å². The molecule has 1 aliphatic heterocycles. The lowest BCUT2D eigenvalue weighted by Crippen LogP contribution is -2.43. The number of amides is 1. The highest BCUT2D eigenvalue weighted by atomic mass is 32.2. The quantitative estimate of drug-likeness (QED) is 0.727. The van der Waals surface area contributed by atoms with Gasteiger partial charge >= 0.3 is 0 Å². The average Bonchev–Trinajstić information content (AvgIpc) is 2.90. The maximum atomic E-state index is 13.0. The number of sulfonamides is 1. The first kappa shape index (κ1) is 20.7. The van der Waals surface area contributed by atoms with E-state index in [-0.39, 0.29) is 23.9 Å². The first-order valence-electron chi connectivity index (χ1n) is 9.41. The van der Waals surface area contributed by atoms with Crippen molar-refractivity contribution in [3.63, 3.8) is 0 Å². The maximum Gasteiger partial charge on any atom is 0.243 e. The molecule has 0 aromatic heterocycles. The summed E-state index contributed by atoms with van der Waals surface area (Å²) in [5.74, 6) is 0.565.